The fourth-order valence-corrected chi connectivity index (χ4v) is 6.68. The summed E-state index contributed by atoms with van der Waals surface area (Å²) in [5.41, 5.74) is 0.623. The number of likely N-dealkylation sites (tertiary alicyclic amines) is 1. The zero-order valence-electron chi connectivity index (χ0n) is 15.8. The van der Waals surface area contributed by atoms with Gasteiger partial charge >= 0.3 is 0 Å². The van der Waals surface area contributed by atoms with Crippen molar-refractivity contribution >= 4 is 27.3 Å². The Kier molecular flexibility index (Phi) is 5.52. The van der Waals surface area contributed by atoms with E-state index in [0.717, 1.165) is 50.1 Å². The number of nitrogens with zero attached hydrogens (tertiary/aromatic N) is 4. The fourth-order valence-electron chi connectivity index (χ4n) is 3.85. The van der Waals surface area contributed by atoms with Crippen LogP contribution in [0.25, 0.3) is 11.4 Å². The van der Waals surface area contributed by atoms with Crippen molar-refractivity contribution in [3.63, 3.8) is 0 Å². The van der Waals surface area contributed by atoms with Crippen LogP contribution >= 0.6 is 11.3 Å². The number of amides is 1. The summed E-state index contributed by atoms with van der Waals surface area (Å²) >= 11 is 1.15. The zero-order chi connectivity index (χ0) is 19.7. The summed E-state index contributed by atoms with van der Waals surface area (Å²) in [5.74, 6) is 0.669. The van der Waals surface area contributed by atoms with E-state index in [1.165, 1.54) is 4.31 Å². The first-order valence-corrected chi connectivity index (χ1v) is 12.0. The van der Waals surface area contributed by atoms with E-state index in [-0.39, 0.29) is 22.6 Å². The van der Waals surface area contributed by atoms with E-state index in [1.807, 2.05) is 4.90 Å². The molecule has 1 atom stereocenters. The maximum Gasteiger partial charge on any atom is 0.252 e. The summed E-state index contributed by atoms with van der Waals surface area (Å²) in [6, 6.07) is 1.58. The number of piperidine rings is 2. The van der Waals surface area contributed by atoms with Crippen LogP contribution in [0.2, 0.25) is 0 Å². The van der Waals surface area contributed by atoms with Crippen LogP contribution in [0, 0.1) is 12.8 Å². The Bertz CT molecular complexity index is 946. The fraction of sp³-hybridized carbons (Fsp3) is 0.611. The number of aromatic nitrogens is 2. The van der Waals surface area contributed by atoms with Crippen LogP contribution in [0.3, 0.4) is 0 Å². The molecule has 4 rings (SSSR count). The van der Waals surface area contributed by atoms with Gasteiger partial charge in [0, 0.05) is 44.0 Å². The number of carbonyl (C=O) groups excluding carboxylic acids is 1. The molecule has 2 aliphatic rings. The Balaban J connectivity index is 1.49. The molecule has 1 unspecified atom stereocenters. The van der Waals surface area contributed by atoms with Crippen molar-refractivity contribution in [1.29, 1.82) is 0 Å². The van der Waals surface area contributed by atoms with Crippen LogP contribution in [-0.4, -0.2) is 59.8 Å². The van der Waals surface area contributed by atoms with Gasteiger partial charge in [-0.3, -0.25) is 4.79 Å². The summed E-state index contributed by atoms with van der Waals surface area (Å²) in [7, 11) is -3.64. The predicted molar refractivity (Wildman–Crippen MR) is 104 cm³/mol. The number of thiophene rings is 1. The Labute approximate surface area is 168 Å². The Morgan fingerprint density at radius 1 is 1.21 bits per heavy atom. The largest absolute Gasteiger partial charge is 0.342 e. The molecular weight excluding hydrogens is 400 g/mol. The molecule has 2 saturated heterocycles. The van der Waals surface area contributed by atoms with Crippen molar-refractivity contribution in [2.75, 3.05) is 26.2 Å². The molecule has 0 radical (unpaired) electrons. The van der Waals surface area contributed by atoms with Crippen LogP contribution in [0.4, 0.5) is 0 Å². The maximum absolute atomic E-state index is 13.1. The zero-order valence-corrected chi connectivity index (χ0v) is 17.5. The molecule has 0 N–H and O–H groups in total. The lowest BCUT2D eigenvalue weighted by Crippen LogP contribution is -2.47. The lowest BCUT2D eigenvalue weighted by Gasteiger charge is -2.35. The van der Waals surface area contributed by atoms with Gasteiger partial charge < -0.3 is 9.42 Å². The highest BCUT2D eigenvalue weighted by Gasteiger charge is 2.36. The van der Waals surface area contributed by atoms with Crippen LogP contribution in [0.15, 0.2) is 20.2 Å². The number of hydrogen-bond donors (Lipinski definition) is 0. The quantitative estimate of drug-likeness (QED) is 0.748. The second-order valence-corrected chi connectivity index (χ2v) is 10.5. The van der Waals surface area contributed by atoms with Crippen LogP contribution < -0.4 is 0 Å². The van der Waals surface area contributed by atoms with E-state index >= 15 is 0 Å². The highest BCUT2D eigenvalue weighted by molar-refractivity contribution is 7.91. The van der Waals surface area contributed by atoms with E-state index < -0.39 is 10.0 Å². The molecule has 2 fully saturated rings. The maximum atomic E-state index is 13.1. The smallest absolute Gasteiger partial charge is 0.252 e. The Hall–Kier alpha value is -1.78. The van der Waals surface area contributed by atoms with E-state index in [4.69, 9.17) is 4.52 Å². The molecule has 0 aromatic carbocycles. The first-order chi connectivity index (χ1) is 13.4. The molecule has 2 aromatic rings. The second-order valence-electron chi connectivity index (χ2n) is 7.38. The standard InChI is InChI=1S/C18H24N4O4S2/c1-13-19-17(20-26-13)15-10-16(27-12-15)28(24,25)22-9-5-6-14(11-22)18(23)21-7-3-2-4-8-21/h10,12,14H,2-9,11H2,1H3. The molecule has 4 heterocycles. The second kappa shape index (κ2) is 7.92. The molecule has 0 spiro atoms. The molecule has 2 aliphatic heterocycles. The van der Waals surface area contributed by atoms with Gasteiger partial charge in [0.1, 0.15) is 4.21 Å². The predicted octanol–water partition coefficient (Wildman–Crippen LogP) is 2.52. The van der Waals surface area contributed by atoms with Gasteiger partial charge in [-0.05, 0) is 38.2 Å². The lowest BCUT2D eigenvalue weighted by molar-refractivity contribution is -0.137. The van der Waals surface area contributed by atoms with E-state index in [0.29, 0.717) is 30.2 Å². The molecule has 8 nitrogen and oxygen atoms in total. The van der Waals surface area contributed by atoms with Crippen LogP contribution in [0.5, 0.6) is 0 Å². The molecule has 152 valence electrons. The van der Waals surface area contributed by atoms with Gasteiger partial charge in [-0.15, -0.1) is 11.3 Å². The molecule has 0 bridgehead atoms. The van der Waals surface area contributed by atoms with Gasteiger partial charge in [0.15, 0.2) is 0 Å². The van der Waals surface area contributed by atoms with E-state index in [1.54, 1.807) is 18.4 Å². The highest BCUT2D eigenvalue weighted by Crippen LogP contribution is 2.31. The molecule has 1 amide bonds. The minimum absolute atomic E-state index is 0.105. The minimum atomic E-state index is -3.64. The van der Waals surface area contributed by atoms with Gasteiger partial charge in [-0.1, -0.05) is 5.16 Å². The number of rotatable bonds is 4. The van der Waals surface area contributed by atoms with Crippen molar-refractivity contribution < 1.29 is 17.7 Å². The van der Waals surface area contributed by atoms with Crippen LogP contribution in [-0.2, 0) is 14.8 Å². The summed E-state index contributed by atoms with van der Waals surface area (Å²) in [5, 5.41) is 5.56. The number of carbonyl (C=O) groups is 1. The molecule has 28 heavy (non-hydrogen) atoms. The molecule has 0 aliphatic carbocycles. The van der Waals surface area contributed by atoms with Crippen molar-refractivity contribution in [2.45, 2.75) is 43.2 Å². The van der Waals surface area contributed by atoms with Gasteiger partial charge in [0.05, 0.1) is 5.92 Å². The average Bonchev–Trinajstić information content (AvgIpc) is 3.37. The SMILES string of the molecule is Cc1nc(-c2csc(S(=O)(=O)N3CCCC(C(=O)N4CCCCC4)C3)c2)no1. The number of sulfonamides is 1. The molecule has 2 aromatic heterocycles. The highest BCUT2D eigenvalue weighted by atomic mass is 32.2. The van der Waals surface area contributed by atoms with Crippen molar-refractivity contribution in [3.05, 3.63) is 17.3 Å². The van der Waals surface area contributed by atoms with Gasteiger partial charge in [0.2, 0.25) is 17.6 Å². The van der Waals surface area contributed by atoms with Gasteiger partial charge in [-0.2, -0.15) is 9.29 Å². The number of aryl methyl sites for hydroxylation is 1. The molecule has 0 saturated carbocycles. The molecular formula is C18H24N4O4S2. The van der Waals surface area contributed by atoms with E-state index in [2.05, 4.69) is 10.1 Å². The average molecular weight is 425 g/mol. The first kappa shape index (κ1) is 19.5. The first-order valence-electron chi connectivity index (χ1n) is 9.63. The van der Waals surface area contributed by atoms with Crippen LogP contribution in [0.1, 0.15) is 38.0 Å². The Morgan fingerprint density at radius 2 is 2.00 bits per heavy atom. The van der Waals surface area contributed by atoms with Crippen molar-refractivity contribution in [2.24, 2.45) is 5.92 Å². The summed E-state index contributed by atoms with van der Waals surface area (Å²) in [6.07, 6.45) is 4.68. The third-order valence-corrected chi connectivity index (χ3v) is 8.64. The molecule has 10 heteroatoms. The van der Waals surface area contributed by atoms with Gasteiger partial charge in [0.25, 0.3) is 10.0 Å². The summed E-state index contributed by atoms with van der Waals surface area (Å²) in [4.78, 5) is 18.9. The lowest BCUT2D eigenvalue weighted by atomic mass is 9.97. The Morgan fingerprint density at radius 3 is 2.71 bits per heavy atom. The topological polar surface area (TPSA) is 96.6 Å². The number of hydrogen-bond acceptors (Lipinski definition) is 7. The third-order valence-electron chi connectivity index (χ3n) is 5.36. The van der Waals surface area contributed by atoms with Gasteiger partial charge in [-0.25, -0.2) is 8.42 Å². The van der Waals surface area contributed by atoms with E-state index in [9.17, 15) is 13.2 Å². The summed E-state index contributed by atoms with van der Waals surface area (Å²) in [6.45, 7) is 3.97. The monoisotopic (exact) mass is 424 g/mol. The minimum Gasteiger partial charge on any atom is -0.342 e. The van der Waals surface area contributed by atoms with Crippen molar-refractivity contribution in [3.8, 4) is 11.4 Å². The van der Waals surface area contributed by atoms with Crippen molar-refractivity contribution in [1.82, 2.24) is 19.3 Å². The normalized spacial score (nSPS) is 21.8. The third kappa shape index (κ3) is 3.85. The summed E-state index contributed by atoms with van der Waals surface area (Å²) < 4.78 is 32.9.